The van der Waals surface area contributed by atoms with Crippen molar-refractivity contribution in [3.63, 3.8) is 0 Å². The van der Waals surface area contributed by atoms with Crippen LogP contribution in [0.2, 0.25) is 0 Å². The number of aliphatic carboxylic acids is 1. The average molecular weight is 304 g/mol. The number of nitrogens with two attached hydrogens (primary N) is 2. The highest BCUT2D eigenvalue weighted by Gasteiger charge is 2.51. The molecule has 1 atom stereocenters. The fourth-order valence-corrected chi connectivity index (χ4v) is 1.35. The largest absolute Gasteiger partial charge is 0.480 e. The van der Waals surface area contributed by atoms with E-state index in [1.54, 1.807) is 41.5 Å². The molecule has 0 rings (SSSR count). The maximum atomic E-state index is 12.0. The predicted octanol–water partition coefficient (Wildman–Crippen LogP) is -0.0157. The molecule has 5 N–H and O–H groups in total. The molecule has 0 heterocycles. The summed E-state index contributed by atoms with van der Waals surface area (Å²) >= 11 is 0. The Labute approximate surface area is 123 Å². The maximum Gasteiger partial charge on any atom is 0.343 e. The van der Waals surface area contributed by atoms with Crippen molar-refractivity contribution < 1.29 is 29.0 Å². The Hall–Kier alpha value is -1.67. The first kappa shape index (κ1) is 19.3. The van der Waals surface area contributed by atoms with Gasteiger partial charge in [-0.25, -0.2) is 4.79 Å². The van der Waals surface area contributed by atoms with Gasteiger partial charge in [0.25, 0.3) is 0 Å². The Morgan fingerprint density at radius 1 is 0.905 bits per heavy atom. The molecule has 0 saturated carbocycles. The monoisotopic (exact) mass is 304 g/mol. The van der Waals surface area contributed by atoms with E-state index < -0.39 is 40.7 Å². The van der Waals surface area contributed by atoms with Crippen molar-refractivity contribution in [1.82, 2.24) is 0 Å². The van der Waals surface area contributed by atoms with Crippen molar-refractivity contribution in [3.05, 3.63) is 0 Å². The molecular formula is C13H24N2O6. The molecule has 8 heteroatoms. The van der Waals surface area contributed by atoms with Crippen LogP contribution in [0.25, 0.3) is 0 Å². The van der Waals surface area contributed by atoms with Gasteiger partial charge in [-0.1, -0.05) is 0 Å². The molecule has 0 fully saturated rings. The Morgan fingerprint density at radius 3 is 1.57 bits per heavy atom. The Morgan fingerprint density at radius 2 is 1.29 bits per heavy atom. The fourth-order valence-electron chi connectivity index (χ4n) is 1.35. The first-order valence-electron chi connectivity index (χ1n) is 6.35. The molecule has 8 nitrogen and oxygen atoms in total. The minimum absolute atomic E-state index is 0.932. The lowest BCUT2D eigenvalue weighted by Gasteiger charge is -2.32. The highest BCUT2D eigenvalue weighted by atomic mass is 16.6. The third-order valence-electron chi connectivity index (χ3n) is 2.12. The summed E-state index contributed by atoms with van der Waals surface area (Å²) in [6.45, 7) is 9.32. The summed E-state index contributed by atoms with van der Waals surface area (Å²) in [7, 11) is 0. The van der Waals surface area contributed by atoms with E-state index in [4.69, 9.17) is 26.0 Å². The average Bonchev–Trinajstić information content (AvgIpc) is 2.09. The van der Waals surface area contributed by atoms with Crippen molar-refractivity contribution in [2.45, 2.75) is 58.4 Å². The van der Waals surface area contributed by atoms with Gasteiger partial charge in [0.05, 0.1) is 0 Å². The summed E-state index contributed by atoms with van der Waals surface area (Å²) in [5.41, 5.74) is 6.69. The zero-order valence-corrected chi connectivity index (χ0v) is 13.2. The Bertz CT molecular complexity index is 431. The summed E-state index contributed by atoms with van der Waals surface area (Å²) in [6.07, 6.45) is 0. The lowest BCUT2D eigenvalue weighted by molar-refractivity contribution is -0.180. The quantitative estimate of drug-likeness (QED) is 0.374. The van der Waals surface area contributed by atoms with Gasteiger partial charge in [0.15, 0.2) is 11.6 Å². The van der Waals surface area contributed by atoms with E-state index in [-0.39, 0.29) is 0 Å². The molecule has 0 aliphatic carbocycles. The highest BCUT2D eigenvalue weighted by Crippen LogP contribution is 2.20. The zero-order chi connectivity index (χ0) is 17.2. The number of hydrogen-bond acceptors (Lipinski definition) is 7. The van der Waals surface area contributed by atoms with E-state index in [0.29, 0.717) is 0 Å². The normalized spacial score (nSPS) is 14.3. The first-order chi connectivity index (χ1) is 9.08. The minimum atomic E-state index is -2.54. The van der Waals surface area contributed by atoms with Gasteiger partial charge in [-0.05, 0) is 41.5 Å². The molecule has 0 aliphatic heterocycles. The number of rotatable bonds is 4. The van der Waals surface area contributed by atoms with Crippen LogP contribution in [-0.2, 0) is 23.9 Å². The van der Waals surface area contributed by atoms with Gasteiger partial charge in [0.2, 0.25) is 0 Å². The van der Waals surface area contributed by atoms with Crippen LogP contribution in [-0.4, -0.2) is 39.9 Å². The number of ether oxygens (including phenoxy) is 2. The lowest BCUT2D eigenvalue weighted by atomic mass is 9.93. The molecule has 0 aromatic rings. The molecule has 0 aromatic heterocycles. The van der Waals surface area contributed by atoms with Crippen molar-refractivity contribution in [2.75, 3.05) is 0 Å². The van der Waals surface area contributed by atoms with E-state index in [1.165, 1.54) is 0 Å². The SMILES string of the molecule is CC(C)(C)OC(=O)C(C(=O)O)C(N)(N)C(=O)OC(C)(C)C. The van der Waals surface area contributed by atoms with Gasteiger partial charge in [0, 0.05) is 0 Å². The second-order valence-electron chi connectivity index (χ2n) is 6.74. The number of carboxylic acid groups (broad SMARTS) is 1. The van der Waals surface area contributed by atoms with Crippen LogP contribution in [0.1, 0.15) is 41.5 Å². The van der Waals surface area contributed by atoms with E-state index in [1.807, 2.05) is 0 Å². The van der Waals surface area contributed by atoms with E-state index in [0.717, 1.165) is 0 Å². The second-order valence-corrected chi connectivity index (χ2v) is 6.74. The standard InChI is InChI=1S/C13H24N2O6/c1-11(2,3)20-9(18)7(8(16)17)13(14,15)10(19)21-12(4,5)6/h7H,14-15H2,1-6H3,(H,16,17). The third kappa shape index (κ3) is 6.09. The molecule has 0 aromatic carbocycles. The van der Waals surface area contributed by atoms with Crippen molar-refractivity contribution in [2.24, 2.45) is 17.4 Å². The van der Waals surface area contributed by atoms with Crippen LogP contribution >= 0.6 is 0 Å². The van der Waals surface area contributed by atoms with E-state index >= 15 is 0 Å². The van der Waals surface area contributed by atoms with Gasteiger partial charge in [0.1, 0.15) is 11.2 Å². The molecule has 0 radical (unpaired) electrons. The van der Waals surface area contributed by atoms with Gasteiger partial charge >= 0.3 is 17.9 Å². The minimum Gasteiger partial charge on any atom is -0.480 e. The summed E-state index contributed by atoms with van der Waals surface area (Å²) in [4.78, 5) is 35.2. The van der Waals surface area contributed by atoms with Gasteiger partial charge in [-0.2, -0.15) is 0 Å². The highest BCUT2D eigenvalue weighted by molar-refractivity contribution is 6.01. The molecular weight excluding hydrogens is 280 g/mol. The van der Waals surface area contributed by atoms with Crippen LogP contribution in [0.5, 0.6) is 0 Å². The lowest BCUT2D eigenvalue weighted by Crippen LogP contribution is -2.67. The molecule has 0 amide bonds. The maximum absolute atomic E-state index is 12.0. The number of carbonyl (C=O) groups is 3. The number of carbonyl (C=O) groups excluding carboxylic acids is 2. The van der Waals surface area contributed by atoms with Crippen LogP contribution < -0.4 is 11.5 Å². The summed E-state index contributed by atoms with van der Waals surface area (Å²) in [5, 5.41) is 9.15. The van der Waals surface area contributed by atoms with Crippen molar-refractivity contribution in [3.8, 4) is 0 Å². The molecule has 0 saturated heterocycles. The number of esters is 2. The van der Waals surface area contributed by atoms with Crippen molar-refractivity contribution >= 4 is 17.9 Å². The number of carboxylic acids is 1. The third-order valence-corrected chi connectivity index (χ3v) is 2.12. The number of hydrogen-bond donors (Lipinski definition) is 3. The Balaban J connectivity index is 5.41. The second kappa shape index (κ2) is 5.98. The summed E-state index contributed by atoms with van der Waals surface area (Å²) < 4.78 is 9.89. The van der Waals surface area contributed by atoms with Gasteiger partial charge in [-0.15, -0.1) is 0 Å². The zero-order valence-electron chi connectivity index (χ0n) is 13.2. The molecule has 122 valence electrons. The van der Waals surface area contributed by atoms with E-state index in [9.17, 15) is 14.4 Å². The topological polar surface area (TPSA) is 142 Å². The van der Waals surface area contributed by atoms with Gasteiger partial charge < -0.3 is 26.0 Å². The summed E-state index contributed by atoms with van der Waals surface area (Å²) in [5.74, 6) is -6.15. The van der Waals surface area contributed by atoms with Gasteiger partial charge in [-0.3, -0.25) is 9.59 Å². The van der Waals surface area contributed by atoms with Crippen LogP contribution in [0.3, 0.4) is 0 Å². The molecule has 0 bridgehead atoms. The van der Waals surface area contributed by atoms with E-state index in [2.05, 4.69) is 0 Å². The van der Waals surface area contributed by atoms with Crippen molar-refractivity contribution in [1.29, 1.82) is 0 Å². The Kier molecular flexibility index (Phi) is 5.51. The molecule has 0 aliphatic rings. The smallest absolute Gasteiger partial charge is 0.343 e. The fraction of sp³-hybridized carbons (Fsp3) is 0.769. The summed E-state index contributed by atoms with van der Waals surface area (Å²) in [6, 6.07) is 0. The first-order valence-corrected chi connectivity index (χ1v) is 6.35. The van der Waals surface area contributed by atoms with Crippen LogP contribution in [0.15, 0.2) is 0 Å². The van der Waals surface area contributed by atoms with Crippen LogP contribution in [0, 0.1) is 5.92 Å². The molecule has 0 spiro atoms. The molecule has 21 heavy (non-hydrogen) atoms. The molecule has 1 unspecified atom stereocenters. The predicted molar refractivity (Wildman–Crippen MR) is 73.9 cm³/mol. The van der Waals surface area contributed by atoms with Crippen LogP contribution in [0.4, 0.5) is 0 Å².